The van der Waals surface area contributed by atoms with Gasteiger partial charge in [0.25, 0.3) is 0 Å². The summed E-state index contributed by atoms with van der Waals surface area (Å²) < 4.78 is 19.2. The zero-order chi connectivity index (χ0) is 15.4. The zero-order valence-corrected chi connectivity index (χ0v) is 12.6. The number of hydrogen-bond acceptors (Lipinski definition) is 3. The predicted molar refractivity (Wildman–Crippen MR) is 79.8 cm³/mol. The van der Waals surface area contributed by atoms with Crippen molar-refractivity contribution < 1.29 is 18.7 Å². The van der Waals surface area contributed by atoms with Crippen molar-refractivity contribution in [2.45, 2.75) is 6.92 Å². The molecule has 0 aromatic heterocycles. The predicted octanol–water partition coefficient (Wildman–Crippen LogP) is 3.77. The van der Waals surface area contributed by atoms with Crippen LogP contribution in [0.15, 0.2) is 46.9 Å². The number of ether oxygens (including phenoxy) is 1. The van der Waals surface area contributed by atoms with E-state index in [0.29, 0.717) is 10.2 Å². The minimum atomic E-state index is -0.705. The number of hydrogen-bond donors (Lipinski definition) is 1. The zero-order valence-electron chi connectivity index (χ0n) is 11.0. The Labute approximate surface area is 129 Å². The van der Waals surface area contributed by atoms with Gasteiger partial charge in [0.2, 0.25) is 5.91 Å². The smallest absolute Gasteiger partial charge is 0.343 e. The van der Waals surface area contributed by atoms with Crippen LogP contribution in [0.1, 0.15) is 17.3 Å². The molecule has 1 N–H and O–H groups in total. The van der Waals surface area contributed by atoms with Crippen molar-refractivity contribution in [2.75, 3.05) is 5.32 Å². The third-order valence-corrected chi connectivity index (χ3v) is 3.01. The molecule has 1 amide bonds. The van der Waals surface area contributed by atoms with Gasteiger partial charge in [-0.05, 0) is 36.4 Å². The molecule has 0 saturated carbocycles. The summed E-state index contributed by atoms with van der Waals surface area (Å²) in [5, 5.41) is 2.56. The maximum Gasteiger partial charge on any atom is 0.343 e. The number of rotatable bonds is 3. The van der Waals surface area contributed by atoms with Crippen molar-refractivity contribution in [3.05, 3.63) is 58.3 Å². The van der Waals surface area contributed by atoms with E-state index in [-0.39, 0.29) is 17.2 Å². The average molecular weight is 352 g/mol. The molecule has 0 spiro atoms. The summed E-state index contributed by atoms with van der Waals surface area (Å²) in [7, 11) is 0. The molecule has 0 saturated heterocycles. The summed E-state index contributed by atoms with van der Waals surface area (Å²) in [4.78, 5) is 23.0. The molecule has 0 aliphatic rings. The van der Waals surface area contributed by atoms with Crippen LogP contribution in [-0.4, -0.2) is 11.9 Å². The first-order chi connectivity index (χ1) is 9.95. The molecule has 2 aromatic rings. The number of anilines is 1. The monoisotopic (exact) mass is 351 g/mol. The molecule has 108 valence electrons. The van der Waals surface area contributed by atoms with E-state index in [0.717, 1.165) is 0 Å². The van der Waals surface area contributed by atoms with E-state index in [1.54, 1.807) is 18.2 Å². The fourth-order valence-electron chi connectivity index (χ4n) is 1.64. The number of amides is 1. The summed E-state index contributed by atoms with van der Waals surface area (Å²) in [5.41, 5.74) is 0.678. The van der Waals surface area contributed by atoms with Crippen LogP contribution in [-0.2, 0) is 4.79 Å². The van der Waals surface area contributed by atoms with Gasteiger partial charge in [-0.3, -0.25) is 4.79 Å². The molecule has 4 nitrogen and oxygen atoms in total. The highest BCUT2D eigenvalue weighted by molar-refractivity contribution is 9.10. The molecule has 0 heterocycles. The lowest BCUT2D eigenvalue weighted by Gasteiger charge is -2.07. The Hall–Kier alpha value is -2.21. The largest absolute Gasteiger partial charge is 0.420 e. The average Bonchev–Trinajstić information content (AvgIpc) is 2.41. The number of benzene rings is 2. The van der Waals surface area contributed by atoms with Gasteiger partial charge < -0.3 is 10.1 Å². The molecular weight excluding hydrogens is 341 g/mol. The first-order valence-electron chi connectivity index (χ1n) is 6.00. The number of esters is 1. The topological polar surface area (TPSA) is 55.4 Å². The Morgan fingerprint density at radius 1 is 1.19 bits per heavy atom. The standard InChI is InChI=1S/C15H11BrFNO3/c1-9(19)18-12-4-2-3-10(7-12)15(20)21-14-6-5-11(16)8-13(14)17/h2-8H,1H3,(H,18,19). The highest BCUT2D eigenvalue weighted by Crippen LogP contribution is 2.22. The maximum atomic E-state index is 13.6. The Bertz CT molecular complexity index is 703. The summed E-state index contributed by atoms with van der Waals surface area (Å²) >= 11 is 3.12. The molecule has 0 unspecified atom stereocenters. The van der Waals surface area contributed by atoms with Crippen molar-refractivity contribution in [1.29, 1.82) is 0 Å². The van der Waals surface area contributed by atoms with Gasteiger partial charge >= 0.3 is 5.97 Å². The number of carbonyl (C=O) groups excluding carboxylic acids is 2. The van der Waals surface area contributed by atoms with Crippen LogP contribution in [0.3, 0.4) is 0 Å². The van der Waals surface area contributed by atoms with Crippen LogP contribution in [0.2, 0.25) is 0 Å². The SMILES string of the molecule is CC(=O)Nc1cccc(C(=O)Oc2ccc(Br)cc2F)c1. The second-order valence-corrected chi connectivity index (χ2v) is 5.14. The van der Waals surface area contributed by atoms with Gasteiger partial charge in [-0.1, -0.05) is 22.0 Å². The van der Waals surface area contributed by atoms with Crippen molar-refractivity contribution in [2.24, 2.45) is 0 Å². The Balaban J connectivity index is 2.18. The number of nitrogens with one attached hydrogen (secondary N) is 1. The Morgan fingerprint density at radius 3 is 2.62 bits per heavy atom. The van der Waals surface area contributed by atoms with E-state index in [9.17, 15) is 14.0 Å². The van der Waals surface area contributed by atoms with E-state index >= 15 is 0 Å². The lowest BCUT2D eigenvalue weighted by molar-refractivity contribution is -0.114. The van der Waals surface area contributed by atoms with Gasteiger partial charge in [-0.2, -0.15) is 0 Å². The van der Waals surface area contributed by atoms with Crippen LogP contribution in [0.25, 0.3) is 0 Å². The molecule has 2 aromatic carbocycles. The molecule has 0 aliphatic heterocycles. The van der Waals surface area contributed by atoms with E-state index < -0.39 is 11.8 Å². The third kappa shape index (κ3) is 4.13. The fourth-order valence-corrected chi connectivity index (χ4v) is 1.98. The van der Waals surface area contributed by atoms with Crippen molar-refractivity contribution in [3.8, 4) is 5.75 Å². The summed E-state index contributed by atoms with van der Waals surface area (Å²) in [5.74, 6) is -1.76. The normalized spacial score (nSPS) is 10.0. The van der Waals surface area contributed by atoms with Crippen molar-refractivity contribution in [1.82, 2.24) is 0 Å². The lowest BCUT2D eigenvalue weighted by atomic mass is 10.2. The summed E-state index contributed by atoms with van der Waals surface area (Å²) in [6.45, 7) is 1.36. The van der Waals surface area contributed by atoms with Gasteiger partial charge in [-0.25, -0.2) is 9.18 Å². The third-order valence-electron chi connectivity index (χ3n) is 2.52. The molecule has 0 aliphatic carbocycles. The second-order valence-electron chi connectivity index (χ2n) is 4.23. The van der Waals surface area contributed by atoms with Gasteiger partial charge in [0.1, 0.15) is 0 Å². The minimum absolute atomic E-state index is 0.159. The highest BCUT2D eigenvalue weighted by atomic mass is 79.9. The molecule has 0 radical (unpaired) electrons. The van der Waals surface area contributed by atoms with Gasteiger partial charge in [-0.15, -0.1) is 0 Å². The van der Waals surface area contributed by atoms with Crippen molar-refractivity contribution >= 4 is 33.5 Å². The maximum absolute atomic E-state index is 13.6. The van der Waals surface area contributed by atoms with Gasteiger partial charge in [0, 0.05) is 17.1 Å². The highest BCUT2D eigenvalue weighted by Gasteiger charge is 2.13. The lowest BCUT2D eigenvalue weighted by Crippen LogP contribution is -2.11. The van der Waals surface area contributed by atoms with Crippen LogP contribution in [0.4, 0.5) is 10.1 Å². The molecule has 0 bridgehead atoms. The first-order valence-corrected chi connectivity index (χ1v) is 6.80. The van der Waals surface area contributed by atoms with E-state index in [1.807, 2.05) is 0 Å². The quantitative estimate of drug-likeness (QED) is 0.676. The number of carbonyl (C=O) groups is 2. The molecule has 0 fully saturated rings. The van der Waals surface area contributed by atoms with Crippen molar-refractivity contribution in [3.63, 3.8) is 0 Å². The molecule has 21 heavy (non-hydrogen) atoms. The molecule has 2 rings (SSSR count). The Morgan fingerprint density at radius 2 is 1.95 bits per heavy atom. The van der Waals surface area contributed by atoms with E-state index in [1.165, 1.54) is 31.2 Å². The van der Waals surface area contributed by atoms with Gasteiger partial charge in [0.05, 0.1) is 5.56 Å². The van der Waals surface area contributed by atoms with Crippen LogP contribution >= 0.6 is 15.9 Å². The molecule has 6 heteroatoms. The van der Waals surface area contributed by atoms with Crippen LogP contribution < -0.4 is 10.1 Å². The van der Waals surface area contributed by atoms with Crippen LogP contribution in [0, 0.1) is 5.82 Å². The number of halogens is 2. The summed E-state index contributed by atoms with van der Waals surface area (Å²) in [6.07, 6.45) is 0. The van der Waals surface area contributed by atoms with E-state index in [4.69, 9.17) is 4.74 Å². The van der Waals surface area contributed by atoms with Crippen LogP contribution in [0.5, 0.6) is 5.75 Å². The second kappa shape index (κ2) is 6.49. The molecule has 0 atom stereocenters. The van der Waals surface area contributed by atoms with Gasteiger partial charge in [0.15, 0.2) is 11.6 Å². The first kappa shape index (κ1) is 15.2. The summed E-state index contributed by atoms with van der Waals surface area (Å²) in [6, 6.07) is 10.3. The van der Waals surface area contributed by atoms with E-state index in [2.05, 4.69) is 21.2 Å². The fraction of sp³-hybridized carbons (Fsp3) is 0.0667. The Kier molecular flexibility index (Phi) is 4.70. The molecular formula is C15H11BrFNO3. The minimum Gasteiger partial charge on any atom is -0.420 e.